The van der Waals surface area contributed by atoms with E-state index in [1.165, 1.54) is 24.3 Å². The Hall–Kier alpha value is -3.00. The van der Waals surface area contributed by atoms with E-state index in [0.29, 0.717) is 29.2 Å². The third-order valence-corrected chi connectivity index (χ3v) is 4.75. The lowest BCUT2D eigenvalue weighted by Crippen LogP contribution is -2.27. The van der Waals surface area contributed by atoms with E-state index in [1.807, 2.05) is 31.2 Å². The van der Waals surface area contributed by atoms with Gasteiger partial charge in [0.15, 0.2) is 5.69 Å². The van der Waals surface area contributed by atoms with Gasteiger partial charge in [-0.15, -0.1) is 0 Å². The van der Waals surface area contributed by atoms with Gasteiger partial charge in [-0.3, -0.25) is 4.79 Å². The van der Waals surface area contributed by atoms with E-state index in [-0.39, 0.29) is 12.2 Å². The van der Waals surface area contributed by atoms with Gasteiger partial charge in [-0.05, 0) is 56.2 Å². The Morgan fingerprint density at radius 2 is 1.77 bits per heavy atom. The second-order valence-electron chi connectivity index (χ2n) is 6.92. The number of unbranched alkanes of at least 4 members (excludes halogenated alkanes) is 1. The summed E-state index contributed by atoms with van der Waals surface area (Å²) in [5, 5.41) is 6.68. The van der Waals surface area contributed by atoms with Crippen LogP contribution in [-0.2, 0) is 6.18 Å². The van der Waals surface area contributed by atoms with Gasteiger partial charge in [0.25, 0.3) is 5.91 Å². The maximum absolute atomic E-state index is 13.7. The quantitative estimate of drug-likeness (QED) is 0.464. The van der Waals surface area contributed by atoms with Crippen molar-refractivity contribution < 1.29 is 22.7 Å². The molecule has 9 heteroatoms. The molecule has 0 bridgehead atoms. The fourth-order valence-electron chi connectivity index (χ4n) is 2.91. The van der Waals surface area contributed by atoms with Gasteiger partial charge < -0.3 is 10.1 Å². The van der Waals surface area contributed by atoms with Crippen molar-refractivity contribution in [1.82, 2.24) is 15.1 Å². The minimum Gasteiger partial charge on any atom is -0.494 e. The molecule has 0 saturated heterocycles. The van der Waals surface area contributed by atoms with Crippen LogP contribution in [0.1, 0.15) is 34.5 Å². The first kappa shape index (κ1) is 22.7. The molecule has 0 saturated carbocycles. The number of hydrogen-bond donors (Lipinski definition) is 1. The smallest absolute Gasteiger partial charge is 0.434 e. The summed E-state index contributed by atoms with van der Waals surface area (Å²) in [5.74, 6) is -0.0777. The first-order valence-corrected chi connectivity index (χ1v) is 10.0. The summed E-state index contributed by atoms with van der Waals surface area (Å²) in [5.41, 5.74) is -0.370. The molecule has 3 rings (SSSR count). The average molecular weight is 452 g/mol. The third kappa shape index (κ3) is 6.01. The summed E-state index contributed by atoms with van der Waals surface area (Å²) < 4.78 is 47.3. The molecule has 2 aromatic carbocycles. The molecule has 0 radical (unpaired) electrons. The number of ether oxygens (including phenoxy) is 1. The number of aromatic nitrogens is 2. The number of nitrogens with one attached hydrogen (secondary N) is 1. The van der Waals surface area contributed by atoms with E-state index in [9.17, 15) is 18.0 Å². The predicted octanol–water partition coefficient (Wildman–Crippen LogP) is 5.44. The van der Waals surface area contributed by atoms with Gasteiger partial charge in [0.1, 0.15) is 5.75 Å². The zero-order valence-electron chi connectivity index (χ0n) is 16.7. The maximum atomic E-state index is 13.7. The molecule has 0 fully saturated rings. The topological polar surface area (TPSA) is 56.1 Å². The van der Waals surface area contributed by atoms with Crippen molar-refractivity contribution in [3.05, 3.63) is 76.6 Å². The normalized spacial score (nSPS) is 11.4. The fraction of sp³-hybridized carbons (Fsp3) is 0.273. The van der Waals surface area contributed by atoms with Crippen LogP contribution >= 0.6 is 11.6 Å². The van der Waals surface area contributed by atoms with E-state index in [4.69, 9.17) is 16.3 Å². The summed E-state index contributed by atoms with van der Waals surface area (Å²) in [6.07, 6.45) is -2.63. The number of alkyl halides is 3. The number of nitrogens with zero attached hydrogens (tertiary/aromatic N) is 2. The zero-order chi connectivity index (χ0) is 22.4. The van der Waals surface area contributed by atoms with E-state index >= 15 is 0 Å². The molecule has 1 N–H and O–H groups in total. The largest absolute Gasteiger partial charge is 0.494 e. The second-order valence-corrected chi connectivity index (χ2v) is 7.35. The van der Waals surface area contributed by atoms with E-state index in [1.54, 1.807) is 0 Å². The predicted molar refractivity (Wildman–Crippen MR) is 112 cm³/mol. The monoisotopic (exact) mass is 451 g/mol. The lowest BCUT2D eigenvalue weighted by atomic mass is 10.2. The number of rotatable bonds is 8. The molecule has 0 spiro atoms. The molecule has 31 heavy (non-hydrogen) atoms. The molecule has 1 heterocycles. The Labute approximate surface area is 182 Å². The molecule has 164 valence electrons. The van der Waals surface area contributed by atoms with Gasteiger partial charge in [-0.1, -0.05) is 29.3 Å². The fourth-order valence-corrected chi connectivity index (χ4v) is 3.04. The zero-order valence-corrected chi connectivity index (χ0v) is 17.5. The Morgan fingerprint density at radius 3 is 2.42 bits per heavy atom. The number of amides is 1. The van der Waals surface area contributed by atoms with Crippen molar-refractivity contribution in [2.75, 3.05) is 13.2 Å². The van der Waals surface area contributed by atoms with Crippen molar-refractivity contribution in [2.24, 2.45) is 0 Å². The van der Waals surface area contributed by atoms with Crippen LogP contribution in [0.3, 0.4) is 0 Å². The molecule has 0 aliphatic carbocycles. The molecule has 0 aliphatic rings. The van der Waals surface area contributed by atoms with Crippen LogP contribution < -0.4 is 10.1 Å². The second kappa shape index (κ2) is 9.87. The number of benzene rings is 2. The van der Waals surface area contributed by atoms with Crippen LogP contribution in [0.15, 0.2) is 54.7 Å². The lowest BCUT2D eigenvalue weighted by molar-refractivity contribution is -0.143. The summed E-state index contributed by atoms with van der Waals surface area (Å²) in [6, 6.07) is 13.3. The standard InChI is InChI=1S/C22H21ClF3N3O2/c1-15-4-10-18(11-5-15)31-13-3-2-12-27-21(30)19-14-28-29(20(19)22(24,25)26)17-8-6-16(23)7-9-17/h4-11,14H,2-3,12-13H2,1H3,(H,27,30). The SMILES string of the molecule is Cc1ccc(OCCCCNC(=O)c2cnn(-c3ccc(Cl)cc3)c2C(F)(F)F)cc1. The van der Waals surface area contributed by atoms with Crippen molar-refractivity contribution in [2.45, 2.75) is 25.9 Å². The number of carbonyl (C=O) groups excluding carboxylic acids is 1. The van der Waals surface area contributed by atoms with Crippen molar-refractivity contribution in [1.29, 1.82) is 0 Å². The highest BCUT2D eigenvalue weighted by Crippen LogP contribution is 2.33. The maximum Gasteiger partial charge on any atom is 0.434 e. The molecule has 0 unspecified atom stereocenters. The molecular weight excluding hydrogens is 431 g/mol. The van der Waals surface area contributed by atoms with Gasteiger partial charge in [-0.2, -0.15) is 18.3 Å². The highest BCUT2D eigenvalue weighted by atomic mass is 35.5. The number of aryl methyl sites for hydroxylation is 1. The van der Waals surface area contributed by atoms with E-state index < -0.39 is 23.3 Å². The van der Waals surface area contributed by atoms with Gasteiger partial charge in [0.2, 0.25) is 0 Å². The molecule has 0 atom stereocenters. The Morgan fingerprint density at radius 1 is 1.10 bits per heavy atom. The molecule has 3 aromatic rings. The summed E-state index contributed by atoms with van der Waals surface area (Å²) >= 11 is 5.79. The number of hydrogen-bond acceptors (Lipinski definition) is 3. The Kier molecular flexibility index (Phi) is 7.22. The van der Waals surface area contributed by atoms with Gasteiger partial charge >= 0.3 is 6.18 Å². The Balaban J connectivity index is 1.57. The highest BCUT2D eigenvalue weighted by molar-refractivity contribution is 6.30. The Bertz CT molecular complexity index is 1020. The van der Waals surface area contributed by atoms with Gasteiger partial charge in [-0.25, -0.2) is 4.68 Å². The molecule has 1 aromatic heterocycles. The van der Waals surface area contributed by atoms with Crippen LogP contribution in [0, 0.1) is 6.92 Å². The highest BCUT2D eigenvalue weighted by Gasteiger charge is 2.40. The summed E-state index contributed by atoms with van der Waals surface area (Å²) in [6.45, 7) is 2.65. The van der Waals surface area contributed by atoms with Crippen LogP contribution in [0.2, 0.25) is 5.02 Å². The van der Waals surface area contributed by atoms with Gasteiger partial charge in [0.05, 0.1) is 24.1 Å². The van der Waals surface area contributed by atoms with E-state index in [2.05, 4.69) is 10.4 Å². The van der Waals surface area contributed by atoms with E-state index in [0.717, 1.165) is 17.5 Å². The first-order valence-electron chi connectivity index (χ1n) is 9.64. The number of halogens is 4. The van der Waals surface area contributed by atoms with Crippen LogP contribution in [0.25, 0.3) is 5.69 Å². The van der Waals surface area contributed by atoms with Gasteiger partial charge in [0, 0.05) is 11.6 Å². The van der Waals surface area contributed by atoms with Crippen molar-refractivity contribution in [3.63, 3.8) is 0 Å². The van der Waals surface area contributed by atoms with Crippen molar-refractivity contribution >= 4 is 17.5 Å². The average Bonchev–Trinajstić information content (AvgIpc) is 3.18. The third-order valence-electron chi connectivity index (χ3n) is 4.50. The summed E-state index contributed by atoms with van der Waals surface area (Å²) in [4.78, 5) is 12.4. The first-order chi connectivity index (χ1) is 14.8. The number of carbonyl (C=O) groups is 1. The molecular formula is C22H21ClF3N3O2. The molecule has 5 nitrogen and oxygen atoms in total. The van der Waals surface area contributed by atoms with Crippen molar-refractivity contribution in [3.8, 4) is 11.4 Å². The van der Waals surface area contributed by atoms with Crippen LogP contribution in [0.4, 0.5) is 13.2 Å². The lowest BCUT2D eigenvalue weighted by Gasteiger charge is -2.13. The molecule has 0 aliphatic heterocycles. The minimum atomic E-state index is -4.76. The molecule has 1 amide bonds. The van der Waals surface area contributed by atoms with Crippen LogP contribution in [-0.4, -0.2) is 28.8 Å². The van der Waals surface area contributed by atoms with Crippen LogP contribution in [0.5, 0.6) is 5.75 Å². The minimum absolute atomic E-state index is 0.157. The summed E-state index contributed by atoms with van der Waals surface area (Å²) in [7, 11) is 0.